The molecule has 1 saturated carbocycles. The minimum absolute atomic E-state index is 0.693. The molecule has 0 spiro atoms. The van der Waals surface area contributed by atoms with E-state index in [1.165, 1.54) is 77.3 Å². The summed E-state index contributed by atoms with van der Waals surface area (Å²) < 4.78 is 7.32. The Morgan fingerprint density at radius 2 is 1.32 bits per heavy atom. The van der Waals surface area contributed by atoms with E-state index in [0.717, 1.165) is 37.5 Å². The van der Waals surface area contributed by atoms with Crippen LogP contribution in [-0.2, 0) is 19.3 Å². The lowest BCUT2D eigenvalue weighted by atomic mass is 9.78. The second-order valence-electron chi connectivity index (χ2n) is 10.9. The fourth-order valence-corrected chi connectivity index (χ4v) is 7.08. The Morgan fingerprint density at radius 3 is 2.03 bits per heavy atom. The Hall–Kier alpha value is -2.58. The summed E-state index contributed by atoms with van der Waals surface area (Å²) in [6, 6.07) is 27.8. The molecule has 3 aromatic carbocycles. The molecular weight excluding hydrogens is 468 g/mol. The SMILES string of the molecule is CCCCOc1ccc(C2CCC(c3cc4ccc(CCc5ccc(CCC)cc5)cc4s3)CC2)cc1. The van der Waals surface area contributed by atoms with Crippen LogP contribution in [-0.4, -0.2) is 6.61 Å². The van der Waals surface area contributed by atoms with E-state index in [4.69, 9.17) is 4.74 Å². The van der Waals surface area contributed by atoms with Gasteiger partial charge in [0.15, 0.2) is 0 Å². The van der Waals surface area contributed by atoms with E-state index in [2.05, 4.69) is 86.6 Å². The smallest absolute Gasteiger partial charge is 0.119 e. The van der Waals surface area contributed by atoms with Gasteiger partial charge < -0.3 is 4.74 Å². The van der Waals surface area contributed by atoms with Crippen molar-refractivity contribution < 1.29 is 4.74 Å². The first-order chi connectivity index (χ1) is 18.2. The minimum Gasteiger partial charge on any atom is -0.494 e. The van der Waals surface area contributed by atoms with E-state index < -0.39 is 0 Å². The third-order valence-corrected chi connectivity index (χ3v) is 9.38. The zero-order valence-corrected chi connectivity index (χ0v) is 23.5. The van der Waals surface area contributed by atoms with E-state index in [1.807, 2.05) is 11.3 Å². The van der Waals surface area contributed by atoms with Gasteiger partial charge >= 0.3 is 0 Å². The number of thiophene rings is 1. The topological polar surface area (TPSA) is 9.23 Å². The number of aryl methyl sites for hydroxylation is 3. The van der Waals surface area contributed by atoms with Gasteiger partial charge in [0.1, 0.15) is 5.75 Å². The predicted octanol–water partition coefficient (Wildman–Crippen LogP) is 10.3. The van der Waals surface area contributed by atoms with Crippen molar-refractivity contribution in [2.75, 3.05) is 6.61 Å². The van der Waals surface area contributed by atoms with Crippen molar-refractivity contribution in [3.63, 3.8) is 0 Å². The molecule has 1 aromatic heterocycles. The van der Waals surface area contributed by atoms with Crippen LogP contribution in [0.5, 0.6) is 5.75 Å². The van der Waals surface area contributed by atoms with E-state index in [9.17, 15) is 0 Å². The molecule has 194 valence electrons. The summed E-state index contributed by atoms with van der Waals surface area (Å²) in [5.41, 5.74) is 5.85. The monoisotopic (exact) mass is 510 g/mol. The molecule has 1 aliphatic carbocycles. The van der Waals surface area contributed by atoms with Gasteiger partial charge in [0.2, 0.25) is 0 Å². The van der Waals surface area contributed by atoms with E-state index in [1.54, 1.807) is 4.88 Å². The number of hydrogen-bond acceptors (Lipinski definition) is 2. The van der Waals surface area contributed by atoms with Gasteiger partial charge in [-0.15, -0.1) is 11.3 Å². The van der Waals surface area contributed by atoms with Crippen LogP contribution in [0.1, 0.15) is 97.8 Å². The summed E-state index contributed by atoms with van der Waals surface area (Å²) in [6.45, 7) is 5.27. The maximum absolute atomic E-state index is 5.85. The Kier molecular flexibility index (Phi) is 9.00. The van der Waals surface area contributed by atoms with Gasteiger partial charge in [-0.3, -0.25) is 0 Å². The molecule has 1 aliphatic rings. The quantitative estimate of drug-likeness (QED) is 0.182. The van der Waals surface area contributed by atoms with Crippen LogP contribution in [0.2, 0.25) is 0 Å². The first-order valence-corrected chi connectivity index (χ1v) is 15.4. The van der Waals surface area contributed by atoms with Gasteiger partial charge in [-0.1, -0.05) is 75.2 Å². The zero-order chi connectivity index (χ0) is 25.5. The summed E-state index contributed by atoms with van der Waals surface area (Å²) in [5, 5.41) is 1.42. The van der Waals surface area contributed by atoms with Crippen molar-refractivity contribution in [1.82, 2.24) is 0 Å². The molecule has 0 bridgehead atoms. The zero-order valence-electron chi connectivity index (χ0n) is 22.7. The van der Waals surface area contributed by atoms with E-state index in [0.29, 0.717) is 5.92 Å². The van der Waals surface area contributed by atoms with E-state index in [-0.39, 0.29) is 0 Å². The van der Waals surface area contributed by atoms with Crippen LogP contribution in [0.25, 0.3) is 10.1 Å². The van der Waals surface area contributed by atoms with Gasteiger partial charge in [-0.2, -0.15) is 0 Å². The third-order valence-electron chi connectivity index (χ3n) is 8.12. The normalized spacial score (nSPS) is 17.8. The maximum Gasteiger partial charge on any atom is 0.119 e. The van der Waals surface area contributed by atoms with Crippen LogP contribution >= 0.6 is 11.3 Å². The standard InChI is InChI=1S/C35H42OS/c1-3-5-23-36-33-21-19-30(20-22-33)29-15-17-31(18-16-29)35-25-32-14-13-28(24-34(32)37-35)12-11-27-9-7-26(6-4-2)8-10-27/h7-10,13-14,19-22,24-25,29,31H,3-6,11-12,15-18,23H2,1-2H3. The molecule has 1 heterocycles. The fraction of sp³-hybridized carbons (Fsp3) is 0.429. The molecule has 0 amide bonds. The largest absolute Gasteiger partial charge is 0.494 e. The fourth-order valence-electron chi connectivity index (χ4n) is 5.78. The Morgan fingerprint density at radius 1 is 0.676 bits per heavy atom. The van der Waals surface area contributed by atoms with Crippen molar-refractivity contribution in [1.29, 1.82) is 0 Å². The lowest BCUT2D eigenvalue weighted by molar-refractivity contribution is 0.309. The average Bonchev–Trinajstić information content (AvgIpc) is 3.37. The van der Waals surface area contributed by atoms with Crippen molar-refractivity contribution in [3.8, 4) is 5.75 Å². The highest BCUT2D eigenvalue weighted by Gasteiger charge is 2.24. The number of hydrogen-bond donors (Lipinski definition) is 0. The predicted molar refractivity (Wildman–Crippen MR) is 160 cm³/mol. The highest BCUT2D eigenvalue weighted by atomic mass is 32.1. The Labute approximate surface area is 227 Å². The number of ether oxygens (including phenoxy) is 1. The molecule has 0 aliphatic heterocycles. The summed E-state index contributed by atoms with van der Waals surface area (Å²) >= 11 is 2.04. The molecule has 0 saturated heterocycles. The lowest BCUT2D eigenvalue weighted by Gasteiger charge is -2.28. The summed E-state index contributed by atoms with van der Waals surface area (Å²) in [4.78, 5) is 1.59. The molecule has 0 atom stereocenters. The molecule has 2 heteroatoms. The van der Waals surface area contributed by atoms with Gasteiger partial charge in [0.05, 0.1) is 6.61 Å². The van der Waals surface area contributed by atoms with Crippen LogP contribution < -0.4 is 4.74 Å². The van der Waals surface area contributed by atoms with Crippen LogP contribution in [0.15, 0.2) is 72.8 Å². The minimum atomic E-state index is 0.693. The highest BCUT2D eigenvalue weighted by Crippen LogP contribution is 2.44. The first-order valence-electron chi connectivity index (χ1n) is 14.5. The molecular formula is C35H42OS. The highest BCUT2D eigenvalue weighted by molar-refractivity contribution is 7.19. The molecule has 0 N–H and O–H groups in total. The van der Waals surface area contributed by atoms with Gasteiger partial charge in [-0.05, 0) is 115 Å². The van der Waals surface area contributed by atoms with Gasteiger partial charge in [-0.25, -0.2) is 0 Å². The van der Waals surface area contributed by atoms with Crippen molar-refractivity contribution >= 4 is 21.4 Å². The Bertz CT molecular complexity index is 1240. The molecule has 37 heavy (non-hydrogen) atoms. The summed E-state index contributed by atoms with van der Waals surface area (Å²) in [7, 11) is 0. The second kappa shape index (κ2) is 12.8. The van der Waals surface area contributed by atoms with Crippen LogP contribution in [0.4, 0.5) is 0 Å². The Balaban J connectivity index is 1.15. The third kappa shape index (κ3) is 6.85. The number of unbranched alkanes of at least 4 members (excludes halogenated alkanes) is 1. The molecule has 1 fully saturated rings. The summed E-state index contributed by atoms with van der Waals surface area (Å²) in [6.07, 6.45) is 12.1. The first kappa shape index (κ1) is 26.0. The van der Waals surface area contributed by atoms with Crippen LogP contribution in [0.3, 0.4) is 0 Å². The lowest BCUT2D eigenvalue weighted by Crippen LogP contribution is -2.11. The summed E-state index contributed by atoms with van der Waals surface area (Å²) in [5.74, 6) is 2.42. The molecule has 0 radical (unpaired) electrons. The van der Waals surface area contributed by atoms with Crippen molar-refractivity contribution in [3.05, 3.63) is 99.9 Å². The average molecular weight is 511 g/mol. The maximum atomic E-state index is 5.85. The van der Waals surface area contributed by atoms with E-state index >= 15 is 0 Å². The van der Waals surface area contributed by atoms with Crippen molar-refractivity contribution in [2.45, 2.75) is 89.9 Å². The second-order valence-corrected chi connectivity index (χ2v) is 12.0. The number of benzene rings is 3. The number of rotatable bonds is 11. The molecule has 4 aromatic rings. The molecule has 0 unspecified atom stereocenters. The number of fused-ring (bicyclic) bond motifs is 1. The molecule has 1 nitrogen and oxygen atoms in total. The van der Waals surface area contributed by atoms with Gasteiger partial charge in [0, 0.05) is 9.58 Å². The van der Waals surface area contributed by atoms with Crippen LogP contribution in [0, 0.1) is 0 Å². The molecule has 5 rings (SSSR count). The van der Waals surface area contributed by atoms with Crippen molar-refractivity contribution in [2.24, 2.45) is 0 Å². The van der Waals surface area contributed by atoms with Gasteiger partial charge in [0.25, 0.3) is 0 Å².